The van der Waals surface area contributed by atoms with Crippen molar-refractivity contribution in [1.82, 2.24) is 9.80 Å². The molecule has 2 aromatic carbocycles. The fourth-order valence-electron chi connectivity index (χ4n) is 5.02. The lowest BCUT2D eigenvalue weighted by Crippen LogP contribution is -2.50. The number of methoxy groups -OCH3 is 2. The molecule has 0 saturated carbocycles. The second-order valence-electron chi connectivity index (χ2n) is 9.64. The van der Waals surface area contributed by atoms with E-state index in [-0.39, 0.29) is 29.5 Å². The molecular formula is C29H32FN3O6. The van der Waals surface area contributed by atoms with Gasteiger partial charge in [0.1, 0.15) is 17.8 Å². The lowest BCUT2D eigenvalue weighted by molar-refractivity contribution is -0.133. The van der Waals surface area contributed by atoms with Crippen LogP contribution >= 0.6 is 0 Å². The Morgan fingerprint density at radius 1 is 0.923 bits per heavy atom. The van der Waals surface area contributed by atoms with Crippen molar-refractivity contribution in [3.8, 4) is 17.2 Å². The van der Waals surface area contributed by atoms with E-state index in [9.17, 15) is 14.0 Å². The molecule has 0 N–H and O–H groups in total. The Hall–Kier alpha value is -4.05. The molecule has 1 saturated heterocycles. The van der Waals surface area contributed by atoms with Crippen molar-refractivity contribution in [2.75, 3.05) is 58.5 Å². The third kappa shape index (κ3) is 6.17. The van der Waals surface area contributed by atoms with E-state index >= 15 is 0 Å². The zero-order chi connectivity index (χ0) is 27.4. The molecule has 5 rings (SSSR count). The third-order valence-corrected chi connectivity index (χ3v) is 7.20. The Morgan fingerprint density at radius 3 is 2.28 bits per heavy atom. The van der Waals surface area contributed by atoms with Gasteiger partial charge >= 0.3 is 0 Å². The molecule has 1 fully saturated rings. The molecule has 0 aliphatic carbocycles. The SMILES string of the molecule is COc1cc2c(cc1OC)CN(Cc1cc(=O)c(OCC(=O)N3CCN(c4ccc(F)cc4)CC3)co1)CC2. The minimum absolute atomic E-state index is 0.0119. The molecule has 206 valence electrons. The summed E-state index contributed by atoms with van der Waals surface area (Å²) in [5, 5.41) is 0. The lowest BCUT2D eigenvalue weighted by Gasteiger charge is -2.36. The van der Waals surface area contributed by atoms with Gasteiger partial charge in [-0.25, -0.2) is 4.39 Å². The number of nitrogens with zero attached hydrogens (tertiary/aromatic N) is 3. The summed E-state index contributed by atoms with van der Waals surface area (Å²) < 4.78 is 35.2. The van der Waals surface area contributed by atoms with E-state index in [1.54, 1.807) is 31.3 Å². The van der Waals surface area contributed by atoms with Crippen LogP contribution < -0.4 is 24.5 Å². The number of carbonyl (C=O) groups excluding carboxylic acids is 1. The Labute approximate surface area is 226 Å². The summed E-state index contributed by atoms with van der Waals surface area (Å²) in [4.78, 5) is 31.3. The number of carbonyl (C=O) groups is 1. The summed E-state index contributed by atoms with van der Waals surface area (Å²) in [5.74, 6) is 1.48. The number of anilines is 1. The molecule has 10 heteroatoms. The van der Waals surface area contributed by atoms with Crippen LogP contribution in [0.4, 0.5) is 10.1 Å². The van der Waals surface area contributed by atoms with E-state index in [4.69, 9.17) is 18.6 Å². The van der Waals surface area contributed by atoms with Crippen LogP contribution in [0.1, 0.15) is 16.9 Å². The van der Waals surface area contributed by atoms with Gasteiger partial charge in [0.25, 0.3) is 5.91 Å². The van der Waals surface area contributed by atoms with Crippen LogP contribution in [-0.2, 0) is 24.3 Å². The Bertz CT molecular complexity index is 1370. The third-order valence-electron chi connectivity index (χ3n) is 7.20. The van der Waals surface area contributed by atoms with Crippen molar-refractivity contribution < 1.29 is 27.8 Å². The molecule has 1 aromatic heterocycles. The first-order valence-electron chi connectivity index (χ1n) is 12.9. The maximum Gasteiger partial charge on any atom is 0.260 e. The van der Waals surface area contributed by atoms with Crippen LogP contribution in [0, 0.1) is 5.82 Å². The van der Waals surface area contributed by atoms with Gasteiger partial charge in [-0.3, -0.25) is 14.5 Å². The van der Waals surface area contributed by atoms with Crippen LogP contribution in [0.15, 0.2) is 57.9 Å². The van der Waals surface area contributed by atoms with Gasteiger partial charge < -0.3 is 28.4 Å². The molecule has 39 heavy (non-hydrogen) atoms. The van der Waals surface area contributed by atoms with Crippen molar-refractivity contribution >= 4 is 11.6 Å². The molecule has 2 aliphatic heterocycles. The summed E-state index contributed by atoms with van der Waals surface area (Å²) in [6.07, 6.45) is 2.13. The molecule has 0 unspecified atom stereocenters. The van der Waals surface area contributed by atoms with Crippen molar-refractivity contribution in [2.24, 2.45) is 0 Å². The maximum atomic E-state index is 13.2. The molecule has 3 aromatic rings. The number of rotatable bonds is 8. The highest BCUT2D eigenvalue weighted by atomic mass is 19.1. The summed E-state index contributed by atoms with van der Waals surface area (Å²) in [7, 11) is 3.25. The number of halogens is 1. The van der Waals surface area contributed by atoms with Crippen molar-refractivity contribution in [3.63, 3.8) is 0 Å². The normalized spacial score (nSPS) is 15.6. The topological polar surface area (TPSA) is 84.7 Å². The van der Waals surface area contributed by atoms with Gasteiger partial charge in [-0.05, 0) is 53.9 Å². The zero-order valence-corrected chi connectivity index (χ0v) is 22.2. The number of amides is 1. The van der Waals surface area contributed by atoms with Crippen molar-refractivity contribution in [3.05, 3.63) is 81.7 Å². The summed E-state index contributed by atoms with van der Waals surface area (Å²) in [6.45, 7) is 4.05. The van der Waals surface area contributed by atoms with Gasteiger partial charge in [0, 0.05) is 51.0 Å². The highest BCUT2D eigenvalue weighted by Crippen LogP contribution is 2.33. The van der Waals surface area contributed by atoms with Crippen LogP contribution in [0.25, 0.3) is 0 Å². The first kappa shape index (κ1) is 26.6. The second kappa shape index (κ2) is 11.8. The van der Waals surface area contributed by atoms with Gasteiger partial charge in [-0.1, -0.05) is 0 Å². The Balaban J connectivity index is 1.12. The monoisotopic (exact) mass is 537 g/mol. The predicted octanol–water partition coefficient (Wildman–Crippen LogP) is 3.08. The molecule has 0 spiro atoms. The van der Waals surface area contributed by atoms with Gasteiger partial charge in [-0.15, -0.1) is 0 Å². The van der Waals surface area contributed by atoms with E-state index in [0.29, 0.717) is 50.8 Å². The number of hydrogen-bond acceptors (Lipinski definition) is 8. The molecule has 0 atom stereocenters. The fraction of sp³-hybridized carbons (Fsp3) is 0.379. The van der Waals surface area contributed by atoms with Gasteiger partial charge in [0.15, 0.2) is 18.1 Å². The molecule has 9 nitrogen and oxygen atoms in total. The van der Waals surface area contributed by atoms with Gasteiger partial charge in [0.2, 0.25) is 11.2 Å². The van der Waals surface area contributed by atoms with Gasteiger partial charge in [0.05, 0.1) is 20.8 Å². The number of ether oxygens (including phenoxy) is 3. The minimum atomic E-state index is -0.325. The molecule has 1 amide bonds. The van der Waals surface area contributed by atoms with E-state index < -0.39 is 0 Å². The Kier molecular flexibility index (Phi) is 8.02. The second-order valence-corrected chi connectivity index (χ2v) is 9.64. The average molecular weight is 538 g/mol. The molecule has 3 heterocycles. The quantitative estimate of drug-likeness (QED) is 0.434. The van der Waals surface area contributed by atoms with E-state index in [0.717, 1.165) is 30.0 Å². The maximum absolute atomic E-state index is 13.2. The molecule has 0 radical (unpaired) electrons. The zero-order valence-electron chi connectivity index (χ0n) is 22.2. The summed E-state index contributed by atoms with van der Waals surface area (Å²) >= 11 is 0. The Morgan fingerprint density at radius 2 is 1.62 bits per heavy atom. The van der Waals surface area contributed by atoms with Crippen molar-refractivity contribution in [2.45, 2.75) is 19.5 Å². The predicted molar refractivity (Wildman–Crippen MR) is 143 cm³/mol. The van der Waals surface area contributed by atoms with Crippen LogP contribution in [0.2, 0.25) is 0 Å². The number of hydrogen-bond donors (Lipinski definition) is 0. The fourth-order valence-corrected chi connectivity index (χ4v) is 5.02. The number of piperazine rings is 1. The van der Waals surface area contributed by atoms with Gasteiger partial charge in [-0.2, -0.15) is 0 Å². The molecular weight excluding hydrogens is 505 g/mol. The van der Waals surface area contributed by atoms with Crippen LogP contribution in [0.3, 0.4) is 0 Å². The molecule has 0 bridgehead atoms. The first-order chi connectivity index (χ1) is 18.9. The van der Waals surface area contributed by atoms with Crippen LogP contribution in [0.5, 0.6) is 17.2 Å². The number of benzene rings is 2. The standard InChI is InChI=1S/C29H32FN3O6/c1-36-26-13-20-7-8-31(16-21(20)14-27(26)37-2)17-24-15-25(34)28(18-38-24)39-19-29(35)33-11-9-32(10-12-33)23-5-3-22(30)4-6-23/h3-6,13-15,18H,7-12,16-17,19H2,1-2H3. The highest BCUT2D eigenvalue weighted by Gasteiger charge is 2.23. The van der Waals surface area contributed by atoms with E-state index in [1.165, 1.54) is 30.0 Å². The minimum Gasteiger partial charge on any atom is -0.493 e. The van der Waals surface area contributed by atoms with Crippen LogP contribution in [-0.4, -0.2) is 69.3 Å². The van der Waals surface area contributed by atoms with E-state index in [1.807, 2.05) is 12.1 Å². The highest BCUT2D eigenvalue weighted by molar-refractivity contribution is 5.78. The smallest absolute Gasteiger partial charge is 0.260 e. The average Bonchev–Trinajstić information content (AvgIpc) is 2.96. The molecule has 2 aliphatic rings. The summed E-state index contributed by atoms with van der Waals surface area (Å²) in [5.41, 5.74) is 2.97. The number of fused-ring (bicyclic) bond motifs is 1. The first-order valence-corrected chi connectivity index (χ1v) is 12.9. The van der Waals surface area contributed by atoms with E-state index in [2.05, 4.69) is 9.80 Å². The lowest BCUT2D eigenvalue weighted by atomic mass is 9.98. The summed E-state index contributed by atoms with van der Waals surface area (Å²) in [6, 6.07) is 11.8. The van der Waals surface area contributed by atoms with Crippen molar-refractivity contribution in [1.29, 1.82) is 0 Å². The largest absolute Gasteiger partial charge is 0.493 e.